The summed E-state index contributed by atoms with van der Waals surface area (Å²) >= 11 is 1.43. The maximum Gasteiger partial charge on any atom is 0.235 e. The van der Waals surface area contributed by atoms with E-state index in [0.29, 0.717) is 22.2 Å². The van der Waals surface area contributed by atoms with Crippen LogP contribution in [0.5, 0.6) is 5.75 Å². The molecule has 0 aliphatic carbocycles. The lowest BCUT2D eigenvalue weighted by molar-refractivity contribution is 0.397. The topological polar surface area (TPSA) is 91.2 Å². The normalized spacial score (nSPS) is 11.2. The van der Waals surface area contributed by atoms with Gasteiger partial charge in [-0.3, -0.25) is 4.98 Å². The van der Waals surface area contributed by atoms with Gasteiger partial charge in [-0.05, 0) is 31.2 Å². The molecule has 0 spiro atoms. The van der Waals surface area contributed by atoms with Gasteiger partial charge in [0.2, 0.25) is 4.96 Å². The summed E-state index contributed by atoms with van der Waals surface area (Å²) in [4.78, 5) is 4.73. The van der Waals surface area contributed by atoms with Crippen LogP contribution in [0, 0.1) is 6.92 Å². The van der Waals surface area contributed by atoms with Gasteiger partial charge in [0.05, 0.1) is 12.7 Å². The van der Waals surface area contributed by atoms with Gasteiger partial charge >= 0.3 is 0 Å². The van der Waals surface area contributed by atoms with Gasteiger partial charge in [0.1, 0.15) is 17.2 Å². The molecule has 8 nitrogen and oxygen atoms in total. The Morgan fingerprint density at radius 2 is 1.89 bits per heavy atom. The summed E-state index contributed by atoms with van der Waals surface area (Å²) in [5.41, 5.74) is 3.24. The minimum absolute atomic E-state index is 0.660. The van der Waals surface area contributed by atoms with Crippen molar-refractivity contribution in [2.24, 2.45) is 0 Å². The molecular formula is C19H14N6O2S. The van der Waals surface area contributed by atoms with Gasteiger partial charge in [0.25, 0.3) is 0 Å². The number of hydrogen-bond acceptors (Lipinski definition) is 8. The third kappa shape index (κ3) is 2.55. The molecule has 4 aromatic heterocycles. The number of pyridine rings is 1. The lowest BCUT2D eigenvalue weighted by Gasteiger charge is -2.06. The molecule has 0 aliphatic rings. The number of hydrogen-bond donors (Lipinski definition) is 0. The number of methoxy groups -OCH3 is 1. The van der Waals surface area contributed by atoms with Gasteiger partial charge in [-0.25, -0.2) is 0 Å². The molecule has 1 aromatic carbocycles. The Hall–Kier alpha value is -3.59. The minimum Gasteiger partial charge on any atom is -0.496 e. The van der Waals surface area contributed by atoms with Crippen LogP contribution in [0.15, 0.2) is 53.3 Å². The summed E-state index contributed by atoms with van der Waals surface area (Å²) in [7, 11) is 1.63. The third-order valence-electron chi connectivity index (χ3n) is 4.37. The Morgan fingerprint density at radius 1 is 1.07 bits per heavy atom. The summed E-state index contributed by atoms with van der Waals surface area (Å²) in [6.07, 6.45) is 3.43. The molecule has 0 fully saturated rings. The molecule has 0 radical (unpaired) electrons. The van der Waals surface area contributed by atoms with Crippen LogP contribution in [0.3, 0.4) is 0 Å². The fraction of sp³-hybridized carbons (Fsp3) is 0.105. The van der Waals surface area contributed by atoms with Crippen molar-refractivity contribution in [2.75, 3.05) is 7.11 Å². The maximum absolute atomic E-state index is 5.50. The first-order valence-corrected chi connectivity index (χ1v) is 9.30. The molecule has 4 heterocycles. The highest BCUT2D eigenvalue weighted by Gasteiger charge is 2.24. The highest BCUT2D eigenvalue weighted by Crippen LogP contribution is 2.40. The second kappa shape index (κ2) is 6.54. The Balaban J connectivity index is 1.68. The number of para-hydroxylation sites is 1. The molecule has 138 valence electrons. The number of fused-ring (bicyclic) bond motifs is 1. The van der Waals surface area contributed by atoms with E-state index in [1.54, 1.807) is 24.0 Å². The number of aromatic nitrogens is 6. The van der Waals surface area contributed by atoms with Gasteiger partial charge in [-0.15, -0.1) is 10.2 Å². The molecule has 0 atom stereocenters. The summed E-state index contributed by atoms with van der Waals surface area (Å²) in [6.45, 7) is 1.87. The number of benzene rings is 1. The van der Waals surface area contributed by atoms with Crippen LogP contribution in [0.4, 0.5) is 0 Å². The van der Waals surface area contributed by atoms with Crippen molar-refractivity contribution in [1.82, 2.24) is 30.0 Å². The average Bonchev–Trinajstić information content (AvgIpc) is 3.42. The van der Waals surface area contributed by atoms with Crippen LogP contribution in [-0.2, 0) is 0 Å². The molecule has 5 rings (SSSR count). The number of rotatable bonds is 4. The lowest BCUT2D eigenvalue weighted by atomic mass is 10.1. The van der Waals surface area contributed by atoms with E-state index in [1.165, 1.54) is 11.3 Å². The van der Waals surface area contributed by atoms with Gasteiger partial charge in [-0.2, -0.15) is 9.61 Å². The highest BCUT2D eigenvalue weighted by atomic mass is 32.1. The van der Waals surface area contributed by atoms with E-state index in [1.807, 2.05) is 43.3 Å². The molecule has 0 aliphatic heterocycles. The monoisotopic (exact) mass is 390 g/mol. The smallest absolute Gasteiger partial charge is 0.235 e. The number of aryl methyl sites for hydroxylation is 1. The summed E-state index contributed by atoms with van der Waals surface area (Å²) in [6, 6.07) is 11.4. The van der Waals surface area contributed by atoms with E-state index in [0.717, 1.165) is 27.4 Å². The lowest BCUT2D eigenvalue weighted by Crippen LogP contribution is -1.93. The van der Waals surface area contributed by atoms with E-state index in [9.17, 15) is 0 Å². The predicted octanol–water partition coefficient (Wildman–Crippen LogP) is 3.89. The second-order valence-corrected chi connectivity index (χ2v) is 6.98. The van der Waals surface area contributed by atoms with E-state index in [-0.39, 0.29) is 0 Å². The van der Waals surface area contributed by atoms with Gasteiger partial charge in [-0.1, -0.05) is 28.6 Å². The maximum atomic E-state index is 5.50. The number of ether oxygens (including phenoxy) is 1. The Morgan fingerprint density at radius 3 is 2.71 bits per heavy atom. The Kier molecular flexibility index (Phi) is 3.87. The van der Waals surface area contributed by atoms with Crippen LogP contribution in [0.1, 0.15) is 5.76 Å². The van der Waals surface area contributed by atoms with Crippen LogP contribution < -0.4 is 4.74 Å². The highest BCUT2D eigenvalue weighted by molar-refractivity contribution is 7.19. The molecule has 9 heteroatoms. The van der Waals surface area contributed by atoms with Crippen molar-refractivity contribution in [3.8, 4) is 39.0 Å². The van der Waals surface area contributed by atoms with Crippen molar-refractivity contribution in [1.29, 1.82) is 0 Å². The van der Waals surface area contributed by atoms with Gasteiger partial charge < -0.3 is 9.26 Å². The quantitative estimate of drug-likeness (QED) is 0.460. The average molecular weight is 390 g/mol. The SMILES string of the molecule is COc1ccccc1-c1noc(C)c1-c1nn2c(-c3ccncc3)nnc2s1. The van der Waals surface area contributed by atoms with Crippen LogP contribution >= 0.6 is 11.3 Å². The van der Waals surface area contributed by atoms with Crippen molar-refractivity contribution in [3.63, 3.8) is 0 Å². The standard InChI is InChI=1S/C19H14N6O2S/c1-11-15(16(24-27-11)13-5-3-4-6-14(13)26-2)18-23-25-17(21-22-19(25)28-18)12-7-9-20-10-8-12/h3-10H,1-2H3. The zero-order valence-electron chi connectivity index (χ0n) is 15.0. The first kappa shape index (κ1) is 16.6. The van der Waals surface area contributed by atoms with E-state index < -0.39 is 0 Å². The molecule has 0 N–H and O–H groups in total. The Labute approximate surface area is 163 Å². The number of nitrogens with zero attached hydrogens (tertiary/aromatic N) is 6. The summed E-state index contributed by atoms with van der Waals surface area (Å²) < 4.78 is 12.7. The molecule has 0 bridgehead atoms. The zero-order chi connectivity index (χ0) is 19.1. The first-order chi connectivity index (χ1) is 13.8. The van der Waals surface area contributed by atoms with Crippen molar-refractivity contribution < 1.29 is 9.26 Å². The largest absolute Gasteiger partial charge is 0.496 e. The molecular weight excluding hydrogens is 376 g/mol. The predicted molar refractivity (Wildman–Crippen MR) is 104 cm³/mol. The van der Waals surface area contributed by atoms with E-state index in [2.05, 4.69) is 20.3 Å². The van der Waals surface area contributed by atoms with E-state index in [4.69, 9.17) is 14.4 Å². The van der Waals surface area contributed by atoms with Crippen molar-refractivity contribution >= 4 is 16.3 Å². The van der Waals surface area contributed by atoms with E-state index >= 15 is 0 Å². The zero-order valence-corrected chi connectivity index (χ0v) is 15.8. The molecule has 0 saturated heterocycles. The van der Waals surface area contributed by atoms with Gasteiger partial charge in [0, 0.05) is 23.5 Å². The summed E-state index contributed by atoms with van der Waals surface area (Å²) in [5, 5.41) is 18.3. The van der Waals surface area contributed by atoms with Crippen LogP contribution in [-0.4, -0.2) is 37.1 Å². The minimum atomic E-state index is 0.660. The Bertz CT molecular complexity index is 1270. The van der Waals surface area contributed by atoms with Crippen LogP contribution in [0.25, 0.3) is 38.2 Å². The fourth-order valence-corrected chi connectivity index (χ4v) is 3.98. The second-order valence-electron chi connectivity index (χ2n) is 6.02. The van der Waals surface area contributed by atoms with Crippen LogP contribution in [0.2, 0.25) is 0 Å². The third-order valence-corrected chi connectivity index (χ3v) is 5.28. The first-order valence-electron chi connectivity index (χ1n) is 8.49. The molecule has 0 amide bonds. The molecule has 5 aromatic rings. The molecule has 0 unspecified atom stereocenters. The van der Waals surface area contributed by atoms with Crippen molar-refractivity contribution in [2.45, 2.75) is 6.92 Å². The molecule has 0 saturated carbocycles. The summed E-state index contributed by atoms with van der Waals surface area (Å²) in [5.74, 6) is 2.06. The fourth-order valence-electron chi connectivity index (χ4n) is 3.05. The molecule has 28 heavy (non-hydrogen) atoms. The van der Waals surface area contributed by atoms with Gasteiger partial charge in [0.15, 0.2) is 10.8 Å². The van der Waals surface area contributed by atoms with Crippen molar-refractivity contribution in [3.05, 3.63) is 54.6 Å².